The van der Waals surface area contributed by atoms with E-state index >= 15 is 0 Å². The fourth-order valence-corrected chi connectivity index (χ4v) is 2.94. The lowest BCUT2D eigenvalue weighted by Gasteiger charge is -2.04. The number of aryl methyl sites for hydroxylation is 1. The molecule has 0 fully saturated rings. The Morgan fingerprint density at radius 2 is 1.89 bits per heavy atom. The highest BCUT2D eigenvalue weighted by Crippen LogP contribution is 2.25. The van der Waals surface area contributed by atoms with E-state index in [2.05, 4.69) is 15.4 Å². The zero-order chi connectivity index (χ0) is 19.3. The van der Waals surface area contributed by atoms with Crippen LogP contribution in [0.2, 0.25) is 0 Å². The summed E-state index contributed by atoms with van der Waals surface area (Å²) in [5.41, 5.74) is 2.80. The van der Waals surface area contributed by atoms with Gasteiger partial charge < -0.3 is 9.73 Å². The molecule has 0 saturated carbocycles. The Balaban J connectivity index is 1.59. The number of aromatic nitrogens is 3. The van der Waals surface area contributed by atoms with Crippen LogP contribution in [0.5, 0.6) is 0 Å². The molecule has 1 N–H and O–H groups in total. The highest BCUT2D eigenvalue weighted by atomic mass is 16.3. The summed E-state index contributed by atoms with van der Waals surface area (Å²) in [6, 6.07) is 19.1. The van der Waals surface area contributed by atoms with Gasteiger partial charge in [-0.1, -0.05) is 24.3 Å². The average molecular weight is 372 g/mol. The SMILES string of the molecule is Cc1ccc(-c2nn(-c3ccccc3)cc2C(=O)NCCc2ccccn2)o1. The van der Waals surface area contributed by atoms with Crippen LogP contribution in [0.4, 0.5) is 0 Å². The fourth-order valence-electron chi connectivity index (χ4n) is 2.94. The zero-order valence-corrected chi connectivity index (χ0v) is 15.5. The van der Waals surface area contributed by atoms with Gasteiger partial charge in [0.15, 0.2) is 5.76 Å². The predicted molar refractivity (Wildman–Crippen MR) is 106 cm³/mol. The van der Waals surface area contributed by atoms with Crippen LogP contribution in [0, 0.1) is 6.92 Å². The molecule has 0 aliphatic rings. The third kappa shape index (κ3) is 3.86. The first-order chi connectivity index (χ1) is 13.7. The van der Waals surface area contributed by atoms with Crippen molar-refractivity contribution in [3.8, 4) is 17.1 Å². The second-order valence-corrected chi connectivity index (χ2v) is 6.41. The number of furan rings is 1. The van der Waals surface area contributed by atoms with Crippen molar-refractivity contribution >= 4 is 5.91 Å². The Morgan fingerprint density at radius 3 is 2.61 bits per heavy atom. The van der Waals surface area contributed by atoms with E-state index in [1.165, 1.54) is 0 Å². The largest absolute Gasteiger partial charge is 0.460 e. The van der Waals surface area contributed by atoms with E-state index in [0.29, 0.717) is 30.0 Å². The van der Waals surface area contributed by atoms with Crippen LogP contribution in [0.1, 0.15) is 21.8 Å². The Bertz CT molecular complexity index is 1070. The molecule has 0 bridgehead atoms. The van der Waals surface area contributed by atoms with E-state index in [-0.39, 0.29) is 5.91 Å². The Kier molecular flexibility index (Phi) is 5.01. The number of carbonyl (C=O) groups excluding carboxylic acids is 1. The maximum atomic E-state index is 12.9. The van der Waals surface area contributed by atoms with Gasteiger partial charge in [-0.05, 0) is 43.3 Å². The minimum atomic E-state index is -0.192. The molecule has 0 saturated heterocycles. The first-order valence-corrected chi connectivity index (χ1v) is 9.11. The topological polar surface area (TPSA) is 73.0 Å². The zero-order valence-electron chi connectivity index (χ0n) is 15.5. The summed E-state index contributed by atoms with van der Waals surface area (Å²) in [7, 11) is 0. The molecule has 6 heteroatoms. The summed E-state index contributed by atoms with van der Waals surface area (Å²) >= 11 is 0. The van der Waals surface area contributed by atoms with Crippen LogP contribution in [0.3, 0.4) is 0 Å². The number of benzene rings is 1. The Labute approximate surface area is 162 Å². The number of nitrogens with one attached hydrogen (secondary N) is 1. The van der Waals surface area contributed by atoms with E-state index in [1.54, 1.807) is 17.1 Å². The van der Waals surface area contributed by atoms with E-state index in [1.807, 2.05) is 67.6 Å². The number of para-hydroxylation sites is 1. The molecule has 4 rings (SSSR count). The van der Waals surface area contributed by atoms with Crippen LogP contribution in [0.15, 0.2) is 77.5 Å². The molecule has 1 amide bonds. The lowest BCUT2D eigenvalue weighted by molar-refractivity contribution is 0.0954. The van der Waals surface area contributed by atoms with E-state index in [0.717, 1.165) is 17.1 Å². The number of carbonyl (C=O) groups is 1. The summed E-state index contributed by atoms with van der Waals surface area (Å²) in [5.74, 6) is 1.15. The number of pyridine rings is 1. The lowest BCUT2D eigenvalue weighted by atomic mass is 10.2. The molecule has 0 radical (unpaired) electrons. The third-order valence-corrected chi connectivity index (χ3v) is 4.35. The molecule has 1 aromatic carbocycles. The van der Waals surface area contributed by atoms with Crippen molar-refractivity contribution in [2.45, 2.75) is 13.3 Å². The lowest BCUT2D eigenvalue weighted by Crippen LogP contribution is -2.26. The predicted octanol–water partition coefficient (Wildman–Crippen LogP) is 3.81. The van der Waals surface area contributed by atoms with Gasteiger partial charge in [0.05, 0.1) is 11.3 Å². The molecule has 140 valence electrons. The molecule has 0 atom stereocenters. The van der Waals surface area contributed by atoms with Gasteiger partial charge in [0.2, 0.25) is 0 Å². The van der Waals surface area contributed by atoms with Crippen molar-refractivity contribution < 1.29 is 9.21 Å². The summed E-state index contributed by atoms with van der Waals surface area (Å²) in [4.78, 5) is 17.1. The summed E-state index contributed by atoms with van der Waals surface area (Å²) < 4.78 is 7.41. The molecule has 0 aliphatic heterocycles. The van der Waals surface area contributed by atoms with Gasteiger partial charge >= 0.3 is 0 Å². The number of nitrogens with zero attached hydrogens (tertiary/aromatic N) is 3. The van der Waals surface area contributed by atoms with Gasteiger partial charge in [0, 0.05) is 31.1 Å². The Hall–Kier alpha value is -3.67. The highest BCUT2D eigenvalue weighted by Gasteiger charge is 2.20. The smallest absolute Gasteiger partial charge is 0.255 e. The molecule has 0 unspecified atom stereocenters. The molecular formula is C22H20N4O2. The minimum absolute atomic E-state index is 0.192. The third-order valence-electron chi connectivity index (χ3n) is 4.35. The number of hydrogen-bond acceptors (Lipinski definition) is 4. The van der Waals surface area contributed by atoms with Crippen molar-refractivity contribution in [3.05, 3.63) is 90.1 Å². The summed E-state index contributed by atoms with van der Waals surface area (Å²) in [5, 5.41) is 7.56. The fraction of sp³-hybridized carbons (Fsp3) is 0.136. The molecule has 3 aromatic heterocycles. The number of hydrogen-bond donors (Lipinski definition) is 1. The second-order valence-electron chi connectivity index (χ2n) is 6.41. The van der Waals surface area contributed by atoms with E-state index in [9.17, 15) is 4.79 Å². The second kappa shape index (κ2) is 7.92. The van der Waals surface area contributed by atoms with Crippen molar-refractivity contribution in [1.82, 2.24) is 20.1 Å². The van der Waals surface area contributed by atoms with Crippen molar-refractivity contribution in [1.29, 1.82) is 0 Å². The van der Waals surface area contributed by atoms with Gasteiger partial charge in [-0.3, -0.25) is 9.78 Å². The highest BCUT2D eigenvalue weighted by molar-refractivity contribution is 5.99. The average Bonchev–Trinajstić information content (AvgIpc) is 3.36. The molecule has 6 nitrogen and oxygen atoms in total. The maximum Gasteiger partial charge on any atom is 0.255 e. The van der Waals surface area contributed by atoms with Crippen LogP contribution >= 0.6 is 0 Å². The van der Waals surface area contributed by atoms with Gasteiger partial charge in [0.1, 0.15) is 11.5 Å². The normalized spacial score (nSPS) is 10.8. The quantitative estimate of drug-likeness (QED) is 0.559. The number of rotatable bonds is 6. The summed E-state index contributed by atoms with van der Waals surface area (Å²) in [6.45, 7) is 2.35. The van der Waals surface area contributed by atoms with E-state index in [4.69, 9.17) is 4.42 Å². The van der Waals surface area contributed by atoms with Gasteiger partial charge in [-0.25, -0.2) is 4.68 Å². The minimum Gasteiger partial charge on any atom is -0.460 e. The maximum absolute atomic E-state index is 12.9. The molecular weight excluding hydrogens is 352 g/mol. The molecule has 4 aromatic rings. The van der Waals surface area contributed by atoms with Gasteiger partial charge in [-0.15, -0.1) is 0 Å². The standard InChI is InChI=1S/C22H20N4O2/c1-16-10-11-20(28-16)21-19(15-26(25-21)18-8-3-2-4-9-18)22(27)24-14-12-17-7-5-6-13-23-17/h2-11,13,15H,12,14H2,1H3,(H,24,27). The molecule has 0 spiro atoms. The van der Waals surface area contributed by atoms with Crippen molar-refractivity contribution in [3.63, 3.8) is 0 Å². The van der Waals surface area contributed by atoms with Gasteiger partial charge in [-0.2, -0.15) is 5.10 Å². The van der Waals surface area contributed by atoms with Crippen molar-refractivity contribution in [2.24, 2.45) is 0 Å². The summed E-state index contributed by atoms with van der Waals surface area (Å²) in [6.07, 6.45) is 4.14. The molecule has 28 heavy (non-hydrogen) atoms. The van der Waals surface area contributed by atoms with Gasteiger partial charge in [0.25, 0.3) is 5.91 Å². The first kappa shape index (κ1) is 17.7. The first-order valence-electron chi connectivity index (χ1n) is 9.11. The van der Waals surface area contributed by atoms with Crippen LogP contribution < -0.4 is 5.32 Å². The van der Waals surface area contributed by atoms with Crippen molar-refractivity contribution in [2.75, 3.05) is 6.54 Å². The number of amides is 1. The van der Waals surface area contributed by atoms with Crippen LogP contribution in [0.25, 0.3) is 17.1 Å². The Morgan fingerprint density at radius 1 is 1.07 bits per heavy atom. The monoisotopic (exact) mass is 372 g/mol. The molecule has 0 aliphatic carbocycles. The van der Waals surface area contributed by atoms with Crippen LogP contribution in [-0.4, -0.2) is 27.2 Å². The van der Waals surface area contributed by atoms with Crippen LogP contribution in [-0.2, 0) is 6.42 Å². The van der Waals surface area contributed by atoms with E-state index < -0.39 is 0 Å². The molecule has 3 heterocycles.